The van der Waals surface area contributed by atoms with E-state index in [1.54, 1.807) is 11.8 Å². The van der Waals surface area contributed by atoms with Crippen molar-refractivity contribution in [1.82, 2.24) is 10.2 Å². The van der Waals surface area contributed by atoms with E-state index in [0.29, 0.717) is 12.5 Å². The second-order valence-corrected chi connectivity index (χ2v) is 9.07. The molecule has 1 heterocycles. The van der Waals surface area contributed by atoms with Gasteiger partial charge in [0.15, 0.2) is 9.84 Å². The molecule has 2 aliphatic rings. The quantitative estimate of drug-likeness (QED) is 0.849. The van der Waals surface area contributed by atoms with E-state index in [-0.39, 0.29) is 23.9 Å². The van der Waals surface area contributed by atoms with E-state index >= 15 is 0 Å². The smallest absolute Gasteiger partial charge is 0.317 e. The number of hydrogen-bond donors (Lipinski definition) is 1. The average molecular weight is 316 g/mol. The van der Waals surface area contributed by atoms with Crippen LogP contribution < -0.4 is 5.32 Å². The topological polar surface area (TPSA) is 66.5 Å². The van der Waals surface area contributed by atoms with Crippen molar-refractivity contribution >= 4 is 15.9 Å². The number of rotatable bonds is 2. The molecule has 4 atom stereocenters. The molecule has 0 bridgehead atoms. The van der Waals surface area contributed by atoms with Gasteiger partial charge in [-0.25, -0.2) is 13.2 Å². The fraction of sp³-hybridized carbons (Fsp3) is 0.933. The van der Waals surface area contributed by atoms with Crippen LogP contribution in [-0.2, 0) is 9.84 Å². The summed E-state index contributed by atoms with van der Waals surface area (Å²) in [6.45, 7) is 6.04. The van der Waals surface area contributed by atoms with Crippen molar-refractivity contribution in [1.29, 1.82) is 0 Å². The number of urea groups is 1. The lowest BCUT2D eigenvalue weighted by Crippen LogP contribution is -2.58. The Kier molecular flexibility index (Phi) is 5.17. The maximum atomic E-state index is 12.4. The summed E-state index contributed by atoms with van der Waals surface area (Å²) in [4.78, 5) is 14.1. The van der Waals surface area contributed by atoms with Gasteiger partial charge in [0, 0.05) is 18.6 Å². The molecule has 2 fully saturated rings. The Morgan fingerprint density at radius 1 is 1.29 bits per heavy atom. The van der Waals surface area contributed by atoms with Gasteiger partial charge in [0.05, 0.1) is 11.0 Å². The largest absolute Gasteiger partial charge is 0.335 e. The third kappa shape index (κ3) is 3.71. The van der Waals surface area contributed by atoms with Crippen LogP contribution in [0.2, 0.25) is 0 Å². The predicted octanol–water partition coefficient (Wildman–Crippen LogP) is 2.17. The van der Waals surface area contributed by atoms with Crippen LogP contribution in [0, 0.1) is 5.92 Å². The van der Waals surface area contributed by atoms with Gasteiger partial charge in [0.1, 0.15) is 0 Å². The van der Waals surface area contributed by atoms with Crippen LogP contribution in [0.15, 0.2) is 0 Å². The van der Waals surface area contributed by atoms with E-state index in [0.717, 1.165) is 12.8 Å². The Hall–Kier alpha value is -0.780. The standard InChI is InChI=1S/C15H28N2O3S/c1-4-13-6-5-7-14(10-13)16-15(18)17-8-9-21(19,20)12(3)11(17)2/h11-14H,4-10H2,1-3H3,(H,16,18)/t11-,12-,13-,14+/m1/s1. The molecule has 0 aromatic carbocycles. The van der Waals surface area contributed by atoms with Crippen LogP contribution in [0.5, 0.6) is 0 Å². The Bertz CT molecular complexity index is 477. The van der Waals surface area contributed by atoms with Crippen LogP contribution in [0.4, 0.5) is 4.79 Å². The molecule has 0 aromatic rings. The van der Waals surface area contributed by atoms with Crippen LogP contribution in [0.3, 0.4) is 0 Å². The first-order chi connectivity index (χ1) is 9.85. The SMILES string of the molecule is CC[C@@H]1CCC[C@H](NC(=O)N2CCS(=O)(=O)[C@H](C)[C@H]2C)C1. The zero-order valence-corrected chi connectivity index (χ0v) is 14.2. The van der Waals surface area contributed by atoms with Gasteiger partial charge in [0.2, 0.25) is 0 Å². The van der Waals surface area contributed by atoms with Gasteiger partial charge >= 0.3 is 6.03 Å². The number of nitrogens with one attached hydrogen (secondary N) is 1. The number of carbonyl (C=O) groups is 1. The van der Waals surface area contributed by atoms with Gasteiger partial charge in [-0.2, -0.15) is 0 Å². The maximum absolute atomic E-state index is 12.4. The highest BCUT2D eigenvalue weighted by molar-refractivity contribution is 7.92. The summed E-state index contributed by atoms with van der Waals surface area (Å²) < 4.78 is 23.7. The molecule has 1 saturated heterocycles. The molecule has 0 aromatic heterocycles. The maximum Gasteiger partial charge on any atom is 0.317 e. The molecule has 1 aliphatic carbocycles. The molecule has 0 unspecified atom stereocenters. The van der Waals surface area contributed by atoms with E-state index in [2.05, 4.69) is 12.2 Å². The van der Waals surface area contributed by atoms with Gasteiger partial charge in [-0.15, -0.1) is 0 Å². The lowest BCUT2D eigenvalue weighted by molar-refractivity contribution is 0.167. The van der Waals surface area contributed by atoms with Crippen molar-refractivity contribution in [3.63, 3.8) is 0 Å². The molecular weight excluding hydrogens is 288 g/mol. The minimum atomic E-state index is -3.04. The van der Waals surface area contributed by atoms with Crippen LogP contribution in [0.25, 0.3) is 0 Å². The number of nitrogens with zero attached hydrogens (tertiary/aromatic N) is 1. The Morgan fingerprint density at radius 2 is 2.00 bits per heavy atom. The van der Waals surface area contributed by atoms with Crippen molar-refractivity contribution in [2.24, 2.45) is 5.92 Å². The minimum Gasteiger partial charge on any atom is -0.335 e. The Morgan fingerprint density at radius 3 is 2.67 bits per heavy atom. The monoisotopic (exact) mass is 316 g/mol. The lowest BCUT2D eigenvalue weighted by atomic mass is 9.84. The second kappa shape index (κ2) is 6.55. The number of sulfone groups is 1. The highest BCUT2D eigenvalue weighted by Crippen LogP contribution is 2.27. The molecule has 5 nitrogen and oxygen atoms in total. The van der Waals surface area contributed by atoms with Crippen molar-refractivity contribution < 1.29 is 13.2 Å². The molecule has 21 heavy (non-hydrogen) atoms. The summed E-state index contributed by atoms with van der Waals surface area (Å²) in [6.07, 6.45) is 5.69. The second-order valence-electron chi connectivity index (χ2n) is 6.59. The minimum absolute atomic E-state index is 0.0776. The Balaban J connectivity index is 1.94. The average Bonchev–Trinajstić information content (AvgIpc) is 2.45. The Labute approximate surface area is 128 Å². The first-order valence-electron chi connectivity index (χ1n) is 8.13. The number of amides is 2. The van der Waals surface area contributed by atoms with Crippen LogP contribution in [-0.4, -0.2) is 49.0 Å². The third-order valence-corrected chi connectivity index (χ3v) is 7.58. The van der Waals surface area contributed by atoms with Crippen molar-refractivity contribution in [3.05, 3.63) is 0 Å². The molecule has 2 rings (SSSR count). The molecule has 0 spiro atoms. The molecule has 1 N–H and O–H groups in total. The molecule has 122 valence electrons. The van der Waals surface area contributed by atoms with Crippen molar-refractivity contribution in [2.45, 2.75) is 70.2 Å². The normalized spacial score (nSPS) is 36.2. The van der Waals surface area contributed by atoms with Gasteiger partial charge in [-0.05, 0) is 32.6 Å². The summed E-state index contributed by atoms with van der Waals surface area (Å²) in [5, 5.41) is 2.64. The molecule has 6 heteroatoms. The first kappa shape index (κ1) is 16.6. The fourth-order valence-electron chi connectivity index (χ4n) is 3.51. The fourth-order valence-corrected chi connectivity index (χ4v) is 5.08. The third-order valence-electron chi connectivity index (χ3n) is 5.30. The van der Waals surface area contributed by atoms with E-state index in [4.69, 9.17) is 0 Å². The number of hydrogen-bond acceptors (Lipinski definition) is 3. The van der Waals surface area contributed by atoms with Gasteiger partial charge < -0.3 is 10.2 Å². The summed E-state index contributed by atoms with van der Waals surface area (Å²) in [7, 11) is -3.04. The zero-order chi connectivity index (χ0) is 15.6. The van der Waals surface area contributed by atoms with Gasteiger partial charge in [-0.1, -0.05) is 26.2 Å². The summed E-state index contributed by atoms with van der Waals surface area (Å²) in [5.74, 6) is 0.788. The molecule has 1 saturated carbocycles. The van der Waals surface area contributed by atoms with Crippen LogP contribution in [0.1, 0.15) is 52.9 Å². The predicted molar refractivity (Wildman–Crippen MR) is 84.0 cm³/mol. The van der Waals surface area contributed by atoms with Crippen molar-refractivity contribution in [2.75, 3.05) is 12.3 Å². The van der Waals surface area contributed by atoms with E-state index < -0.39 is 15.1 Å². The summed E-state index contributed by atoms with van der Waals surface area (Å²) in [5.41, 5.74) is 0. The molecule has 0 radical (unpaired) electrons. The zero-order valence-electron chi connectivity index (χ0n) is 13.3. The first-order valence-corrected chi connectivity index (χ1v) is 9.85. The van der Waals surface area contributed by atoms with E-state index in [1.807, 2.05) is 6.92 Å². The molecule has 2 amide bonds. The van der Waals surface area contributed by atoms with Crippen LogP contribution >= 0.6 is 0 Å². The van der Waals surface area contributed by atoms with Crippen molar-refractivity contribution in [3.8, 4) is 0 Å². The lowest BCUT2D eigenvalue weighted by Gasteiger charge is -2.39. The highest BCUT2D eigenvalue weighted by Gasteiger charge is 2.38. The number of carbonyl (C=O) groups excluding carboxylic acids is 1. The van der Waals surface area contributed by atoms with E-state index in [1.165, 1.54) is 19.3 Å². The molecule has 1 aliphatic heterocycles. The van der Waals surface area contributed by atoms with Gasteiger partial charge in [0.25, 0.3) is 0 Å². The molecular formula is C15H28N2O3S. The summed E-state index contributed by atoms with van der Waals surface area (Å²) in [6, 6.07) is -0.0995. The van der Waals surface area contributed by atoms with E-state index in [9.17, 15) is 13.2 Å². The summed E-state index contributed by atoms with van der Waals surface area (Å²) >= 11 is 0. The highest BCUT2D eigenvalue weighted by atomic mass is 32.2. The van der Waals surface area contributed by atoms with Gasteiger partial charge in [-0.3, -0.25) is 0 Å².